The molecule has 0 fully saturated rings. The van der Waals surface area contributed by atoms with E-state index in [2.05, 4.69) is 0 Å². The van der Waals surface area contributed by atoms with Crippen molar-refractivity contribution in [2.45, 2.75) is 6.92 Å². The summed E-state index contributed by atoms with van der Waals surface area (Å²) < 4.78 is 0. The Balaban J connectivity index is 0. The van der Waals surface area contributed by atoms with Gasteiger partial charge in [0.15, 0.2) is 0 Å². The van der Waals surface area contributed by atoms with Crippen molar-refractivity contribution in [3.05, 3.63) is 0 Å². The molecule has 0 aromatic carbocycles. The lowest BCUT2D eigenvalue weighted by atomic mass is 10.8. The lowest BCUT2D eigenvalue weighted by molar-refractivity contribution is 1.14. The third-order valence-corrected chi connectivity index (χ3v) is 0. The van der Waals surface area contributed by atoms with E-state index in [1.54, 1.807) is 0 Å². The van der Waals surface area contributed by atoms with Crippen molar-refractivity contribution in [2.24, 2.45) is 5.73 Å². The van der Waals surface area contributed by atoms with E-state index in [-0.39, 0.29) is 8.41 Å². The fourth-order valence-electron chi connectivity index (χ4n) is 0. The Bertz CT molecular complexity index is 6.00. The Labute approximate surface area is 28.8 Å². The topological polar surface area (TPSA) is 26.0 Å². The van der Waals surface area contributed by atoms with E-state index in [1.807, 2.05) is 6.92 Å². The zero-order valence-electron chi connectivity index (χ0n) is 2.28. The molecule has 0 bridgehead atoms. The van der Waals surface area contributed by atoms with Gasteiger partial charge in [-0.1, -0.05) is 6.92 Å². The molecule has 0 aliphatic rings. The van der Waals surface area contributed by atoms with Crippen LogP contribution in [0, 0.1) is 0 Å². The summed E-state index contributed by atoms with van der Waals surface area (Å²) in [5, 5.41) is 0. The highest BCUT2D eigenvalue weighted by Gasteiger charge is 1.32. The van der Waals surface area contributed by atoms with Crippen LogP contribution in [0.3, 0.4) is 0 Å². The molecular formula is C2H10BN. The SMILES string of the molecule is B.CCN. The molecule has 2 N–H and O–H groups in total. The van der Waals surface area contributed by atoms with Crippen LogP contribution in [0.15, 0.2) is 0 Å². The minimum Gasteiger partial charge on any atom is -0.331 e. The molecule has 0 aromatic rings. The Morgan fingerprint density at radius 3 is 1.75 bits per heavy atom. The van der Waals surface area contributed by atoms with Gasteiger partial charge in [-0.15, -0.1) is 0 Å². The molecule has 0 saturated heterocycles. The maximum Gasteiger partial charge on any atom is 0.0814 e. The zero-order valence-corrected chi connectivity index (χ0v) is 2.28. The number of hydrogen-bond acceptors (Lipinski definition) is 1. The van der Waals surface area contributed by atoms with Crippen LogP contribution in [-0.2, 0) is 0 Å². The van der Waals surface area contributed by atoms with Gasteiger partial charge in [0.25, 0.3) is 0 Å². The fourth-order valence-corrected chi connectivity index (χ4v) is 0. The van der Waals surface area contributed by atoms with Crippen LogP contribution < -0.4 is 5.73 Å². The summed E-state index contributed by atoms with van der Waals surface area (Å²) in [6.45, 7) is 2.65. The number of rotatable bonds is 0. The summed E-state index contributed by atoms with van der Waals surface area (Å²) in [6.07, 6.45) is 0. The highest BCUT2D eigenvalue weighted by molar-refractivity contribution is 5.75. The van der Waals surface area contributed by atoms with Crippen LogP contribution in [0.4, 0.5) is 0 Å². The van der Waals surface area contributed by atoms with E-state index in [0.717, 1.165) is 6.54 Å². The van der Waals surface area contributed by atoms with Crippen molar-refractivity contribution < 1.29 is 0 Å². The normalized spacial score (nSPS) is 4.50. The van der Waals surface area contributed by atoms with Gasteiger partial charge in [-0.25, -0.2) is 0 Å². The largest absolute Gasteiger partial charge is 0.331 e. The second kappa shape index (κ2) is 11.8. The van der Waals surface area contributed by atoms with E-state index in [1.165, 1.54) is 0 Å². The Kier molecular flexibility index (Phi) is 26.5. The first-order valence-electron chi connectivity index (χ1n) is 1.12. The van der Waals surface area contributed by atoms with Gasteiger partial charge in [-0.3, -0.25) is 0 Å². The molecule has 0 amide bonds. The quantitative estimate of drug-likeness (QED) is 0.348. The molecule has 0 aromatic heterocycles. The maximum absolute atomic E-state index is 4.85. The molecule has 0 aliphatic heterocycles. The van der Waals surface area contributed by atoms with Crippen molar-refractivity contribution in [2.75, 3.05) is 6.54 Å². The van der Waals surface area contributed by atoms with E-state index in [4.69, 9.17) is 5.73 Å². The molecule has 0 unspecified atom stereocenters. The lowest BCUT2D eigenvalue weighted by Crippen LogP contribution is -1.87. The van der Waals surface area contributed by atoms with Gasteiger partial charge >= 0.3 is 0 Å². The van der Waals surface area contributed by atoms with Crippen LogP contribution in [-0.4, -0.2) is 15.0 Å². The summed E-state index contributed by atoms with van der Waals surface area (Å²) in [4.78, 5) is 0. The second-order valence-electron chi connectivity index (χ2n) is 0.408. The van der Waals surface area contributed by atoms with Gasteiger partial charge in [0.05, 0.1) is 8.41 Å². The maximum atomic E-state index is 4.85. The van der Waals surface area contributed by atoms with E-state index >= 15 is 0 Å². The predicted octanol–water partition coefficient (Wildman–Crippen LogP) is -1.22. The van der Waals surface area contributed by atoms with Gasteiger partial charge in [0.1, 0.15) is 0 Å². The van der Waals surface area contributed by atoms with Crippen molar-refractivity contribution in [3.63, 3.8) is 0 Å². The van der Waals surface area contributed by atoms with Crippen molar-refractivity contribution >= 4 is 8.41 Å². The van der Waals surface area contributed by atoms with Crippen molar-refractivity contribution in [1.29, 1.82) is 0 Å². The van der Waals surface area contributed by atoms with Crippen LogP contribution >= 0.6 is 0 Å². The molecule has 26 valence electrons. The minimum absolute atomic E-state index is 0. The Morgan fingerprint density at radius 2 is 1.75 bits per heavy atom. The summed E-state index contributed by atoms with van der Waals surface area (Å²) >= 11 is 0. The molecular weight excluding hydrogens is 48.8 g/mol. The molecule has 0 aliphatic carbocycles. The third-order valence-electron chi connectivity index (χ3n) is 0. The average molecular weight is 58.9 g/mol. The first-order chi connectivity index (χ1) is 1.41. The summed E-state index contributed by atoms with van der Waals surface area (Å²) in [6, 6.07) is 0. The molecule has 0 heterocycles. The monoisotopic (exact) mass is 59.1 g/mol. The van der Waals surface area contributed by atoms with Crippen LogP contribution in [0.2, 0.25) is 0 Å². The summed E-state index contributed by atoms with van der Waals surface area (Å²) in [5.74, 6) is 0. The first-order valence-corrected chi connectivity index (χ1v) is 1.12. The van der Waals surface area contributed by atoms with Crippen LogP contribution in [0.1, 0.15) is 6.92 Å². The molecule has 2 heteroatoms. The molecule has 0 atom stereocenters. The van der Waals surface area contributed by atoms with Crippen LogP contribution in [0.25, 0.3) is 0 Å². The van der Waals surface area contributed by atoms with Gasteiger partial charge in [0.2, 0.25) is 0 Å². The summed E-state index contributed by atoms with van der Waals surface area (Å²) in [7, 11) is 0. The second-order valence-corrected chi connectivity index (χ2v) is 0.408. The molecule has 0 rings (SSSR count). The predicted molar refractivity (Wildman–Crippen MR) is 24.7 cm³/mol. The smallest absolute Gasteiger partial charge is 0.0814 e. The van der Waals surface area contributed by atoms with E-state index < -0.39 is 0 Å². The highest BCUT2D eigenvalue weighted by Crippen LogP contribution is 1.20. The van der Waals surface area contributed by atoms with Crippen molar-refractivity contribution in [3.8, 4) is 0 Å². The van der Waals surface area contributed by atoms with E-state index in [0.29, 0.717) is 0 Å². The third kappa shape index (κ3) is 3420. The summed E-state index contributed by atoms with van der Waals surface area (Å²) in [5.41, 5.74) is 4.85. The Morgan fingerprint density at radius 1 is 1.75 bits per heavy atom. The number of hydrogen-bond donors (Lipinski definition) is 1. The lowest BCUT2D eigenvalue weighted by Gasteiger charge is -1.53. The molecule has 0 radical (unpaired) electrons. The molecule has 4 heavy (non-hydrogen) atoms. The van der Waals surface area contributed by atoms with Gasteiger partial charge in [-0.2, -0.15) is 0 Å². The zero-order chi connectivity index (χ0) is 2.71. The minimum atomic E-state index is 0. The van der Waals surface area contributed by atoms with Crippen LogP contribution in [0.5, 0.6) is 0 Å². The molecule has 1 nitrogen and oxygen atoms in total. The number of nitrogens with two attached hydrogens (primary N) is 1. The van der Waals surface area contributed by atoms with Gasteiger partial charge in [-0.05, 0) is 6.54 Å². The highest BCUT2D eigenvalue weighted by atomic mass is 14.5. The van der Waals surface area contributed by atoms with E-state index in [9.17, 15) is 0 Å². The van der Waals surface area contributed by atoms with Gasteiger partial charge < -0.3 is 5.73 Å². The standard InChI is InChI=1S/C2H7N.BH3/c1-2-3;/h2-3H2,1H3;1H3. The molecule has 0 saturated carbocycles. The molecule has 0 spiro atoms. The first kappa shape index (κ1) is 8.98. The van der Waals surface area contributed by atoms with Gasteiger partial charge in [0, 0.05) is 0 Å². The fraction of sp³-hybridized carbons (Fsp3) is 1.00. The Hall–Kier alpha value is 0.0249. The van der Waals surface area contributed by atoms with Crippen molar-refractivity contribution in [1.82, 2.24) is 0 Å². The average Bonchev–Trinajstić information content (AvgIpc) is 0.918.